The van der Waals surface area contributed by atoms with Crippen LogP contribution in [0.3, 0.4) is 0 Å². The van der Waals surface area contributed by atoms with E-state index in [9.17, 15) is 0 Å². The zero-order valence-electron chi connectivity index (χ0n) is 12.9. The van der Waals surface area contributed by atoms with Crippen molar-refractivity contribution in [3.05, 3.63) is 59.7 Å². The lowest BCUT2D eigenvalue weighted by atomic mass is 9.98. The van der Waals surface area contributed by atoms with Gasteiger partial charge in [-0.2, -0.15) is 0 Å². The van der Waals surface area contributed by atoms with Gasteiger partial charge >= 0.3 is 0 Å². The van der Waals surface area contributed by atoms with E-state index in [-0.39, 0.29) is 6.04 Å². The van der Waals surface area contributed by atoms with Crippen LogP contribution < -0.4 is 14.8 Å². The second-order valence-electron chi connectivity index (χ2n) is 4.94. The Morgan fingerprint density at radius 2 is 1.43 bits per heavy atom. The maximum absolute atomic E-state index is 5.34. The van der Waals surface area contributed by atoms with Crippen LogP contribution in [0.2, 0.25) is 0 Å². The first kappa shape index (κ1) is 15.4. The molecule has 0 aliphatic heterocycles. The van der Waals surface area contributed by atoms with Crippen molar-refractivity contribution >= 4 is 0 Å². The maximum atomic E-state index is 5.34. The summed E-state index contributed by atoms with van der Waals surface area (Å²) < 4.78 is 10.7. The van der Waals surface area contributed by atoms with Crippen LogP contribution in [0.4, 0.5) is 0 Å². The first-order chi connectivity index (χ1) is 10.3. The summed E-state index contributed by atoms with van der Waals surface area (Å²) in [5.41, 5.74) is 2.38. The quantitative estimate of drug-likeness (QED) is 0.839. The first-order valence-electron chi connectivity index (χ1n) is 7.29. The van der Waals surface area contributed by atoms with Crippen molar-refractivity contribution in [1.82, 2.24) is 5.32 Å². The van der Waals surface area contributed by atoms with E-state index < -0.39 is 0 Å². The lowest BCUT2D eigenvalue weighted by Gasteiger charge is -2.20. The van der Waals surface area contributed by atoms with Gasteiger partial charge in [-0.1, -0.05) is 31.2 Å². The van der Waals surface area contributed by atoms with E-state index in [0.717, 1.165) is 24.5 Å². The third-order valence-electron chi connectivity index (χ3n) is 3.45. The monoisotopic (exact) mass is 285 g/mol. The molecule has 0 aliphatic rings. The van der Waals surface area contributed by atoms with E-state index in [1.54, 1.807) is 14.2 Å². The van der Waals surface area contributed by atoms with Gasteiger partial charge in [0.25, 0.3) is 0 Å². The van der Waals surface area contributed by atoms with Crippen molar-refractivity contribution in [2.45, 2.75) is 19.4 Å². The van der Waals surface area contributed by atoms with Gasteiger partial charge in [-0.15, -0.1) is 0 Å². The number of rotatable bonds is 7. The molecular formula is C18H23NO2. The van der Waals surface area contributed by atoms with Gasteiger partial charge in [0.2, 0.25) is 0 Å². The van der Waals surface area contributed by atoms with Crippen LogP contribution in [0.15, 0.2) is 48.5 Å². The van der Waals surface area contributed by atoms with E-state index in [4.69, 9.17) is 9.47 Å². The highest BCUT2D eigenvalue weighted by molar-refractivity contribution is 5.39. The van der Waals surface area contributed by atoms with E-state index in [0.29, 0.717) is 0 Å². The normalized spacial score (nSPS) is 10.7. The van der Waals surface area contributed by atoms with Gasteiger partial charge in [-0.05, 0) is 48.4 Å². The van der Waals surface area contributed by atoms with E-state index in [2.05, 4.69) is 36.5 Å². The summed E-state index contributed by atoms with van der Waals surface area (Å²) in [6.07, 6.45) is 1.09. The fraction of sp³-hybridized carbons (Fsp3) is 0.333. The number of ether oxygens (including phenoxy) is 2. The van der Waals surface area contributed by atoms with E-state index in [1.165, 1.54) is 11.1 Å². The van der Waals surface area contributed by atoms with Gasteiger partial charge in [-0.25, -0.2) is 0 Å². The lowest BCUT2D eigenvalue weighted by Crippen LogP contribution is -2.23. The molecule has 21 heavy (non-hydrogen) atoms. The Morgan fingerprint density at radius 1 is 0.905 bits per heavy atom. The SMILES string of the molecule is CCCNC(c1cccc(OC)c1)c1cccc(OC)c1. The van der Waals surface area contributed by atoms with Gasteiger partial charge in [0.1, 0.15) is 11.5 Å². The van der Waals surface area contributed by atoms with E-state index in [1.807, 2.05) is 24.3 Å². The highest BCUT2D eigenvalue weighted by Crippen LogP contribution is 2.27. The van der Waals surface area contributed by atoms with Crippen molar-refractivity contribution < 1.29 is 9.47 Å². The zero-order valence-corrected chi connectivity index (χ0v) is 12.9. The number of nitrogens with one attached hydrogen (secondary N) is 1. The summed E-state index contributed by atoms with van der Waals surface area (Å²) in [5, 5.41) is 3.59. The second kappa shape index (κ2) is 7.70. The molecule has 3 heteroatoms. The standard InChI is InChI=1S/C18H23NO2/c1-4-11-19-18(14-7-5-9-16(12-14)20-2)15-8-6-10-17(13-15)21-3/h5-10,12-13,18-19H,4,11H2,1-3H3. The average Bonchev–Trinajstić information content (AvgIpc) is 2.55. The fourth-order valence-corrected chi connectivity index (χ4v) is 2.36. The molecule has 0 aromatic heterocycles. The molecule has 2 rings (SSSR count). The molecule has 112 valence electrons. The summed E-state index contributed by atoms with van der Waals surface area (Å²) in [5.74, 6) is 1.75. The Kier molecular flexibility index (Phi) is 5.64. The van der Waals surface area contributed by atoms with Crippen molar-refractivity contribution in [3.8, 4) is 11.5 Å². The number of methoxy groups -OCH3 is 2. The van der Waals surface area contributed by atoms with Crippen molar-refractivity contribution in [1.29, 1.82) is 0 Å². The molecule has 1 N–H and O–H groups in total. The minimum absolute atomic E-state index is 0.134. The Hall–Kier alpha value is -2.00. The third-order valence-corrected chi connectivity index (χ3v) is 3.45. The van der Waals surface area contributed by atoms with Crippen LogP contribution in [0.1, 0.15) is 30.5 Å². The molecule has 0 atom stereocenters. The predicted molar refractivity (Wildman–Crippen MR) is 86.1 cm³/mol. The molecule has 0 heterocycles. The van der Waals surface area contributed by atoms with Crippen LogP contribution in [-0.2, 0) is 0 Å². The molecule has 0 amide bonds. The minimum atomic E-state index is 0.134. The molecule has 0 bridgehead atoms. The third kappa shape index (κ3) is 3.99. The molecule has 0 fully saturated rings. The molecule has 0 saturated heterocycles. The number of hydrogen-bond acceptors (Lipinski definition) is 3. The minimum Gasteiger partial charge on any atom is -0.497 e. The zero-order chi connectivity index (χ0) is 15.1. The lowest BCUT2D eigenvalue weighted by molar-refractivity contribution is 0.412. The molecule has 0 radical (unpaired) electrons. The second-order valence-corrected chi connectivity index (χ2v) is 4.94. The smallest absolute Gasteiger partial charge is 0.119 e. The molecule has 2 aromatic rings. The Morgan fingerprint density at radius 3 is 1.86 bits per heavy atom. The molecule has 0 aliphatic carbocycles. The molecule has 0 saturated carbocycles. The summed E-state index contributed by atoms with van der Waals surface area (Å²) >= 11 is 0. The van der Waals surface area contributed by atoms with Gasteiger partial charge in [-0.3, -0.25) is 0 Å². The van der Waals surface area contributed by atoms with Crippen LogP contribution in [0.5, 0.6) is 11.5 Å². The number of benzene rings is 2. The molecule has 2 aromatic carbocycles. The molecule has 0 unspecified atom stereocenters. The maximum Gasteiger partial charge on any atom is 0.119 e. The Bertz CT molecular complexity index is 521. The van der Waals surface area contributed by atoms with Crippen LogP contribution in [0, 0.1) is 0 Å². The van der Waals surface area contributed by atoms with Crippen LogP contribution in [-0.4, -0.2) is 20.8 Å². The molecular weight excluding hydrogens is 262 g/mol. The predicted octanol–water partition coefficient (Wildman–Crippen LogP) is 3.79. The fourth-order valence-electron chi connectivity index (χ4n) is 2.36. The molecule has 3 nitrogen and oxygen atoms in total. The van der Waals surface area contributed by atoms with E-state index >= 15 is 0 Å². The summed E-state index contributed by atoms with van der Waals surface area (Å²) in [4.78, 5) is 0. The highest BCUT2D eigenvalue weighted by atomic mass is 16.5. The van der Waals surface area contributed by atoms with Crippen molar-refractivity contribution in [2.75, 3.05) is 20.8 Å². The Labute approximate surface area is 126 Å². The number of hydrogen-bond donors (Lipinski definition) is 1. The first-order valence-corrected chi connectivity index (χ1v) is 7.29. The van der Waals surface area contributed by atoms with Crippen molar-refractivity contribution in [2.24, 2.45) is 0 Å². The van der Waals surface area contributed by atoms with Crippen LogP contribution in [0.25, 0.3) is 0 Å². The Balaban J connectivity index is 2.36. The van der Waals surface area contributed by atoms with Crippen molar-refractivity contribution in [3.63, 3.8) is 0 Å². The van der Waals surface area contributed by atoms with Gasteiger partial charge in [0.05, 0.1) is 20.3 Å². The summed E-state index contributed by atoms with van der Waals surface area (Å²) in [6, 6.07) is 16.5. The topological polar surface area (TPSA) is 30.5 Å². The highest BCUT2D eigenvalue weighted by Gasteiger charge is 2.14. The van der Waals surface area contributed by atoms with Gasteiger partial charge < -0.3 is 14.8 Å². The van der Waals surface area contributed by atoms with Crippen LogP contribution >= 0.6 is 0 Å². The van der Waals surface area contributed by atoms with Gasteiger partial charge in [0.15, 0.2) is 0 Å². The largest absolute Gasteiger partial charge is 0.497 e. The summed E-state index contributed by atoms with van der Waals surface area (Å²) in [6.45, 7) is 3.13. The van der Waals surface area contributed by atoms with Gasteiger partial charge in [0, 0.05) is 0 Å². The molecule has 0 spiro atoms. The summed E-state index contributed by atoms with van der Waals surface area (Å²) in [7, 11) is 3.39. The average molecular weight is 285 g/mol.